The number of benzene rings is 2. The first kappa shape index (κ1) is 21.7. The molecule has 1 aromatic heterocycles. The fourth-order valence-electron chi connectivity index (χ4n) is 2.91. The molecule has 0 spiro atoms. The van der Waals surface area contributed by atoms with Crippen molar-refractivity contribution >= 4 is 29.9 Å². The molecular formula is C21H26IN5O. The number of aromatic nitrogens is 2. The quantitative estimate of drug-likeness (QED) is 0.312. The van der Waals surface area contributed by atoms with E-state index in [1.807, 2.05) is 60.6 Å². The maximum Gasteiger partial charge on any atom is 0.194 e. The van der Waals surface area contributed by atoms with Gasteiger partial charge < -0.3 is 19.9 Å². The van der Waals surface area contributed by atoms with Crippen molar-refractivity contribution in [3.8, 4) is 17.0 Å². The van der Waals surface area contributed by atoms with E-state index < -0.39 is 0 Å². The third-order valence-corrected chi connectivity index (χ3v) is 4.30. The molecule has 148 valence electrons. The van der Waals surface area contributed by atoms with E-state index in [0.29, 0.717) is 13.1 Å². The second-order valence-electron chi connectivity index (χ2n) is 6.18. The van der Waals surface area contributed by atoms with E-state index in [1.165, 1.54) is 0 Å². The predicted octanol–water partition coefficient (Wildman–Crippen LogP) is 3.91. The highest BCUT2D eigenvalue weighted by Crippen LogP contribution is 2.18. The average molecular weight is 491 g/mol. The van der Waals surface area contributed by atoms with Crippen molar-refractivity contribution in [1.82, 2.24) is 20.2 Å². The molecule has 6 nitrogen and oxygen atoms in total. The second-order valence-corrected chi connectivity index (χ2v) is 6.18. The summed E-state index contributed by atoms with van der Waals surface area (Å²) in [5.74, 6) is 2.54. The lowest BCUT2D eigenvalue weighted by Gasteiger charge is -2.21. The van der Waals surface area contributed by atoms with Gasteiger partial charge in [-0.25, -0.2) is 4.98 Å². The van der Waals surface area contributed by atoms with Crippen LogP contribution in [0.15, 0.2) is 65.8 Å². The SMILES string of the molecule is CN=C(NCc1ccccc1OC)N(C)Cc1ncc(-c2ccccc2)[nH]1.I. The third kappa shape index (κ3) is 5.48. The lowest BCUT2D eigenvalue weighted by molar-refractivity contribution is 0.408. The van der Waals surface area contributed by atoms with Gasteiger partial charge in [0.25, 0.3) is 0 Å². The Bertz CT molecular complexity index is 895. The van der Waals surface area contributed by atoms with Crippen molar-refractivity contribution in [3.05, 3.63) is 72.2 Å². The maximum absolute atomic E-state index is 5.40. The Morgan fingerprint density at radius 2 is 1.86 bits per heavy atom. The minimum atomic E-state index is 0. The van der Waals surface area contributed by atoms with Crippen LogP contribution in [0.1, 0.15) is 11.4 Å². The third-order valence-electron chi connectivity index (χ3n) is 4.30. The van der Waals surface area contributed by atoms with Crippen molar-refractivity contribution in [1.29, 1.82) is 0 Å². The predicted molar refractivity (Wildman–Crippen MR) is 124 cm³/mol. The molecule has 0 fully saturated rings. The molecule has 3 aromatic rings. The number of nitrogens with one attached hydrogen (secondary N) is 2. The molecule has 0 bridgehead atoms. The number of methoxy groups -OCH3 is 1. The van der Waals surface area contributed by atoms with Crippen LogP contribution in [0.25, 0.3) is 11.3 Å². The smallest absolute Gasteiger partial charge is 0.194 e. The molecule has 28 heavy (non-hydrogen) atoms. The highest BCUT2D eigenvalue weighted by Gasteiger charge is 2.11. The molecule has 2 N–H and O–H groups in total. The molecule has 0 saturated heterocycles. The summed E-state index contributed by atoms with van der Waals surface area (Å²) in [4.78, 5) is 14.3. The minimum Gasteiger partial charge on any atom is -0.496 e. The Hall–Kier alpha value is -2.55. The molecule has 7 heteroatoms. The van der Waals surface area contributed by atoms with E-state index in [2.05, 4.69) is 32.4 Å². The summed E-state index contributed by atoms with van der Waals surface area (Å²) >= 11 is 0. The summed E-state index contributed by atoms with van der Waals surface area (Å²) in [5, 5.41) is 3.37. The first-order valence-electron chi connectivity index (χ1n) is 8.84. The number of nitrogens with zero attached hydrogens (tertiary/aromatic N) is 3. The summed E-state index contributed by atoms with van der Waals surface area (Å²) in [6.45, 7) is 1.26. The van der Waals surface area contributed by atoms with E-state index in [0.717, 1.165) is 34.4 Å². The summed E-state index contributed by atoms with van der Waals surface area (Å²) in [6, 6.07) is 18.1. The van der Waals surface area contributed by atoms with Gasteiger partial charge in [0, 0.05) is 26.2 Å². The number of rotatable bonds is 6. The van der Waals surface area contributed by atoms with Crippen molar-refractivity contribution in [2.75, 3.05) is 21.2 Å². The Labute approximate surface area is 183 Å². The van der Waals surface area contributed by atoms with Crippen LogP contribution >= 0.6 is 24.0 Å². The van der Waals surface area contributed by atoms with Crippen LogP contribution in [0, 0.1) is 0 Å². The van der Waals surface area contributed by atoms with E-state index >= 15 is 0 Å². The molecule has 1 heterocycles. The van der Waals surface area contributed by atoms with Gasteiger partial charge in [-0.1, -0.05) is 48.5 Å². The molecule has 0 aliphatic heterocycles. The minimum absolute atomic E-state index is 0. The fraction of sp³-hybridized carbons (Fsp3) is 0.238. The van der Waals surface area contributed by atoms with Gasteiger partial charge in [0.1, 0.15) is 11.6 Å². The van der Waals surface area contributed by atoms with Gasteiger partial charge in [-0.15, -0.1) is 24.0 Å². The fourth-order valence-corrected chi connectivity index (χ4v) is 2.91. The molecule has 0 atom stereocenters. The monoisotopic (exact) mass is 491 g/mol. The van der Waals surface area contributed by atoms with E-state index in [1.54, 1.807) is 14.2 Å². The van der Waals surface area contributed by atoms with E-state index in [-0.39, 0.29) is 24.0 Å². The van der Waals surface area contributed by atoms with Crippen LogP contribution < -0.4 is 10.1 Å². The highest BCUT2D eigenvalue weighted by atomic mass is 127. The zero-order chi connectivity index (χ0) is 19.1. The summed E-state index contributed by atoms with van der Waals surface area (Å²) in [6.07, 6.45) is 1.86. The lowest BCUT2D eigenvalue weighted by atomic mass is 10.2. The number of halogens is 1. The summed E-state index contributed by atoms with van der Waals surface area (Å²) in [5.41, 5.74) is 3.22. The van der Waals surface area contributed by atoms with Gasteiger partial charge in [-0.3, -0.25) is 4.99 Å². The molecule has 0 aliphatic rings. The number of imidazole rings is 1. The van der Waals surface area contributed by atoms with Crippen LogP contribution in [-0.2, 0) is 13.1 Å². The number of aliphatic imine (C=N–C) groups is 1. The van der Waals surface area contributed by atoms with Crippen molar-refractivity contribution in [3.63, 3.8) is 0 Å². The largest absolute Gasteiger partial charge is 0.496 e. The van der Waals surface area contributed by atoms with Gasteiger partial charge in [-0.05, 0) is 11.6 Å². The molecule has 0 amide bonds. The van der Waals surface area contributed by atoms with Gasteiger partial charge in [0.2, 0.25) is 0 Å². The number of para-hydroxylation sites is 1. The Balaban J connectivity index is 0.00000280. The van der Waals surface area contributed by atoms with Gasteiger partial charge in [0.15, 0.2) is 5.96 Å². The number of hydrogen-bond acceptors (Lipinski definition) is 3. The Kier molecular flexibility index (Phi) is 8.31. The van der Waals surface area contributed by atoms with E-state index in [9.17, 15) is 0 Å². The maximum atomic E-state index is 5.40. The number of hydrogen-bond donors (Lipinski definition) is 2. The average Bonchev–Trinajstić information content (AvgIpc) is 3.18. The molecule has 0 unspecified atom stereocenters. The Morgan fingerprint density at radius 3 is 2.57 bits per heavy atom. The van der Waals surface area contributed by atoms with E-state index in [4.69, 9.17) is 4.74 Å². The zero-order valence-corrected chi connectivity index (χ0v) is 18.7. The standard InChI is InChI=1S/C21H25N5O.HI/c1-22-21(24-13-17-11-7-8-12-19(17)27-3)26(2)15-20-23-14-18(25-20)16-9-5-4-6-10-16;/h4-12,14H,13,15H2,1-3H3,(H,22,24)(H,23,25);1H. The molecule has 2 aromatic carbocycles. The molecule has 0 radical (unpaired) electrons. The number of ether oxygens (including phenoxy) is 1. The van der Waals surface area contributed by atoms with Crippen LogP contribution in [-0.4, -0.2) is 42.0 Å². The van der Waals surface area contributed by atoms with Crippen LogP contribution in [0.2, 0.25) is 0 Å². The van der Waals surface area contributed by atoms with Crippen molar-refractivity contribution < 1.29 is 4.74 Å². The summed E-state index contributed by atoms with van der Waals surface area (Å²) < 4.78 is 5.40. The molecule has 3 rings (SSSR count). The van der Waals surface area contributed by atoms with Gasteiger partial charge in [-0.2, -0.15) is 0 Å². The van der Waals surface area contributed by atoms with Crippen LogP contribution in [0.3, 0.4) is 0 Å². The van der Waals surface area contributed by atoms with Gasteiger partial charge in [0.05, 0.1) is 25.5 Å². The second kappa shape index (κ2) is 10.7. The normalized spacial score (nSPS) is 10.9. The number of guanidine groups is 1. The van der Waals surface area contributed by atoms with Crippen LogP contribution in [0.5, 0.6) is 5.75 Å². The highest BCUT2D eigenvalue weighted by molar-refractivity contribution is 14.0. The Morgan fingerprint density at radius 1 is 1.14 bits per heavy atom. The zero-order valence-electron chi connectivity index (χ0n) is 16.3. The van der Waals surface area contributed by atoms with Crippen molar-refractivity contribution in [2.45, 2.75) is 13.1 Å². The summed E-state index contributed by atoms with van der Waals surface area (Å²) in [7, 11) is 5.45. The topological polar surface area (TPSA) is 65.5 Å². The molecule has 0 aliphatic carbocycles. The number of H-pyrrole nitrogens is 1. The molecular weight excluding hydrogens is 465 g/mol. The lowest BCUT2D eigenvalue weighted by Crippen LogP contribution is -2.38. The molecule has 0 saturated carbocycles. The van der Waals surface area contributed by atoms with Crippen LogP contribution in [0.4, 0.5) is 0 Å². The first-order chi connectivity index (χ1) is 13.2. The van der Waals surface area contributed by atoms with Gasteiger partial charge >= 0.3 is 0 Å². The van der Waals surface area contributed by atoms with Crippen molar-refractivity contribution in [2.24, 2.45) is 4.99 Å². The number of aromatic amines is 1. The first-order valence-corrected chi connectivity index (χ1v) is 8.84.